The van der Waals surface area contributed by atoms with Gasteiger partial charge >= 0.3 is 0 Å². The van der Waals surface area contributed by atoms with Gasteiger partial charge in [0.2, 0.25) is 0 Å². The number of fused-ring (bicyclic) bond motifs is 5. The second-order valence-corrected chi connectivity index (χ2v) is 9.44. The van der Waals surface area contributed by atoms with E-state index in [0.717, 1.165) is 36.4 Å². The smallest absolute Gasteiger partial charge is 0.130 e. The fourth-order valence-corrected chi connectivity index (χ4v) is 7.02. The van der Waals surface area contributed by atoms with Crippen LogP contribution in [0.2, 0.25) is 0 Å². The minimum absolute atomic E-state index is 0.108. The molecule has 25 heavy (non-hydrogen) atoms. The molecule has 6 atom stereocenters. The van der Waals surface area contributed by atoms with Crippen LogP contribution in [0.3, 0.4) is 0 Å². The summed E-state index contributed by atoms with van der Waals surface area (Å²) in [5, 5.41) is 10.1. The maximum absolute atomic E-state index is 10.1. The maximum Gasteiger partial charge on any atom is 0.130 e. The Morgan fingerprint density at radius 1 is 1.04 bits per heavy atom. The van der Waals surface area contributed by atoms with Crippen molar-refractivity contribution < 1.29 is 9.52 Å². The van der Waals surface area contributed by atoms with Gasteiger partial charge in [0.25, 0.3) is 0 Å². The third-order valence-corrected chi connectivity index (χ3v) is 8.45. The Morgan fingerprint density at radius 2 is 1.88 bits per heavy atom. The first-order valence-electron chi connectivity index (χ1n) is 10.1. The van der Waals surface area contributed by atoms with Gasteiger partial charge in [0, 0.05) is 0 Å². The predicted molar refractivity (Wildman–Crippen MR) is 99.8 cm³/mol. The summed E-state index contributed by atoms with van der Waals surface area (Å²) in [6, 6.07) is 4.15. The zero-order valence-electron chi connectivity index (χ0n) is 15.5. The average molecular weight is 338 g/mol. The van der Waals surface area contributed by atoms with E-state index in [1.165, 1.54) is 37.7 Å². The summed E-state index contributed by atoms with van der Waals surface area (Å²) in [5.74, 6) is 3.41. The van der Waals surface area contributed by atoms with Gasteiger partial charge in [0.15, 0.2) is 0 Å². The van der Waals surface area contributed by atoms with Crippen molar-refractivity contribution in [1.82, 2.24) is 0 Å². The standard InChI is InChI=1S/C23H30O2/c1-22-11-9-16(24)14-15(22)5-6-17-18-7-8-20(21-4-3-13-25-21)23(18,2)12-10-19(17)22/h3-5,8,13,16-19,24H,6-7,9-12,14H2,1-2H3/t16-,17-,18-,19-,22-,23-/m0/s1. The van der Waals surface area contributed by atoms with E-state index < -0.39 is 0 Å². The normalized spacial score (nSPS) is 45.9. The molecule has 2 nitrogen and oxygen atoms in total. The Bertz CT molecular complexity index is 727. The molecule has 0 aromatic carbocycles. The van der Waals surface area contributed by atoms with E-state index in [0.29, 0.717) is 5.41 Å². The highest BCUT2D eigenvalue weighted by Gasteiger charge is 2.57. The molecule has 4 aliphatic carbocycles. The fourth-order valence-electron chi connectivity index (χ4n) is 7.02. The first-order valence-corrected chi connectivity index (χ1v) is 10.1. The van der Waals surface area contributed by atoms with Crippen LogP contribution < -0.4 is 0 Å². The van der Waals surface area contributed by atoms with Gasteiger partial charge in [-0.1, -0.05) is 31.6 Å². The minimum atomic E-state index is -0.108. The molecule has 0 amide bonds. The quantitative estimate of drug-likeness (QED) is 0.676. The molecule has 1 aromatic heterocycles. The van der Waals surface area contributed by atoms with E-state index in [1.807, 2.05) is 12.3 Å². The van der Waals surface area contributed by atoms with Crippen LogP contribution in [0.4, 0.5) is 0 Å². The van der Waals surface area contributed by atoms with Crippen molar-refractivity contribution in [1.29, 1.82) is 0 Å². The van der Waals surface area contributed by atoms with Gasteiger partial charge in [0.05, 0.1) is 12.4 Å². The number of hydrogen-bond donors (Lipinski definition) is 1. The van der Waals surface area contributed by atoms with E-state index in [2.05, 4.69) is 32.1 Å². The summed E-state index contributed by atoms with van der Waals surface area (Å²) < 4.78 is 5.78. The van der Waals surface area contributed by atoms with Crippen LogP contribution in [-0.2, 0) is 0 Å². The summed E-state index contributed by atoms with van der Waals surface area (Å²) in [4.78, 5) is 0. The molecule has 0 aliphatic heterocycles. The topological polar surface area (TPSA) is 33.4 Å². The lowest BCUT2D eigenvalue weighted by molar-refractivity contribution is -0.0241. The molecule has 1 heterocycles. The molecular weight excluding hydrogens is 308 g/mol. The molecular formula is C23H30O2. The summed E-state index contributed by atoms with van der Waals surface area (Å²) in [6.45, 7) is 4.99. The third kappa shape index (κ3) is 2.13. The number of hydrogen-bond acceptors (Lipinski definition) is 2. The second-order valence-electron chi connectivity index (χ2n) is 9.44. The van der Waals surface area contributed by atoms with E-state index >= 15 is 0 Å². The largest absolute Gasteiger partial charge is 0.465 e. The van der Waals surface area contributed by atoms with Crippen LogP contribution in [0.25, 0.3) is 5.57 Å². The number of furan rings is 1. The molecule has 5 rings (SSSR count). The van der Waals surface area contributed by atoms with E-state index in [1.54, 1.807) is 5.57 Å². The molecule has 4 aliphatic rings. The van der Waals surface area contributed by atoms with Crippen LogP contribution in [0.1, 0.15) is 64.6 Å². The van der Waals surface area contributed by atoms with Crippen molar-refractivity contribution in [2.75, 3.05) is 0 Å². The van der Waals surface area contributed by atoms with E-state index in [4.69, 9.17) is 4.42 Å². The van der Waals surface area contributed by atoms with Crippen molar-refractivity contribution >= 4 is 5.57 Å². The molecule has 0 spiro atoms. The lowest BCUT2D eigenvalue weighted by Crippen LogP contribution is -2.49. The summed E-state index contributed by atoms with van der Waals surface area (Å²) in [5.41, 5.74) is 3.62. The van der Waals surface area contributed by atoms with E-state index in [-0.39, 0.29) is 11.5 Å². The molecule has 1 aromatic rings. The Morgan fingerprint density at radius 3 is 2.68 bits per heavy atom. The highest BCUT2D eigenvalue weighted by atomic mass is 16.3. The molecule has 1 N–H and O–H groups in total. The van der Waals surface area contributed by atoms with Crippen molar-refractivity contribution in [2.45, 2.75) is 64.9 Å². The van der Waals surface area contributed by atoms with Crippen molar-refractivity contribution in [3.8, 4) is 0 Å². The number of aliphatic hydroxyl groups excluding tert-OH is 1. The van der Waals surface area contributed by atoms with Crippen LogP contribution in [0.5, 0.6) is 0 Å². The first kappa shape index (κ1) is 15.9. The molecule has 0 unspecified atom stereocenters. The van der Waals surface area contributed by atoms with Gasteiger partial charge in [-0.25, -0.2) is 0 Å². The molecule has 134 valence electrons. The molecule has 2 saturated carbocycles. The molecule has 2 fully saturated rings. The van der Waals surface area contributed by atoms with Gasteiger partial charge in [-0.15, -0.1) is 0 Å². The van der Waals surface area contributed by atoms with Crippen LogP contribution >= 0.6 is 0 Å². The Balaban J connectivity index is 1.48. The molecule has 2 heteroatoms. The van der Waals surface area contributed by atoms with E-state index in [9.17, 15) is 5.11 Å². The number of aliphatic hydroxyl groups is 1. The van der Waals surface area contributed by atoms with Crippen LogP contribution in [0, 0.1) is 28.6 Å². The van der Waals surface area contributed by atoms with Gasteiger partial charge in [-0.05, 0) is 91.2 Å². The minimum Gasteiger partial charge on any atom is -0.465 e. The second kappa shape index (κ2) is 5.36. The Labute approximate surface area is 151 Å². The maximum atomic E-state index is 10.1. The number of allylic oxidation sites excluding steroid dienone is 3. The lowest BCUT2D eigenvalue weighted by atomic mass is 9.47. The van der Waals surface area contributed by atoms with Crippen LogP contribution in [-0.4, -0.2) is 11.2 Å². The Kier molecular flexibility index (Phi) is 3.42. The van der Waals surface area contributed by atoms with Crippen molar-refractivity contribution in [3.05, 3.63) is 41.9 Å². The molecule has 0 radical (unpaired) electrons. The van der Waals surface area contributed by atoms with Gasteiger partial charge < -0.3 is 9.52 Å². The molecule has 0 saturated heterocycles. The average Bonchev–Trinajstić information content (AvgIpc) is 3.22. The number of rotatable bonds is 1. The van der Waals surface area contributed by atoms with Gasteiger partial charge in [-0.2, -0.15) is 0 Å². The van der Waals surface area contributed by atoms with Crippen LogP contribution in [0.15, 0.2) is 40.5 Å². The highest BCUT2D eigenvalue weighted by molar-refractivity contribution is 5.69. The Hall–Kier alpha value is -1.28. The highest BCUT2D eigenvalue weighted by Crippen LogP contribution is 2.66. The zero-order chi connectivity index (χ0) is 17.2. The van der Waals surface area contributed by atoms with Crippen molar-refractivity contribution in [2.24, 2.45) is 28.6 Å². The predicted octanol–water partition coefficient (Wildman–Crippen LogP) is 5.60. The fraction of sp³-hybridized carbons (Fsp3) is 0.652. The SMILES string of the molecule is C[C@]12CC[C@H](O)CC1=CC[C@@H]1[C@@H]2CC[C@]2(C)C(c3ccco3)=CC[C@@H]12. The van der Waals surface area contributed by atoms with Crippen molar-refractivity contribution in [3.63, 3.8) is 0 Å². The first-order chi connectivity index (χ1) is 12.0. The van der Waals surface area contributed by atoms with Gasteiger partial charge in [-0.3, -0.25) is 0 Å². The monoisotopic (exact) mass is 338 g/mol. The zero-order valence-corrected chi connectivity index (χ0v) is 15.5. The summed E-state index contributed by atoms with van der Waals surface area (Å²) in [6.07, 6.45) is 14.8. The van der Waals surface area contributed by atoms with Gasteiger partial charge in [0.1, 0.15) is 5.76 Å². The summed E-state index contributed by atoms with van der Waals surface area (Å²) >= 11 is 0. The molecule has 0 bridgehead atoms. The summed E-state index contributed by atoms with van der Waals surface area (Å²) in [7, 11) is 0. The third-order valence-electron chi connectivity index (χ3n) is 8.45. The lowest BCUT2D eigenvalue weighted by Gasteiger charge is -2.57.